The number of aryl methyl sites for hydroxylation is 2. The average molecular weight is 395 g/mol. The molecule has 0 saturated carbocycles. The van der Waals surface area contributed by atoms with Gasteiger partial charge in [-0.1, -0.05) is 35.5 Å². The molecule has 2 aromatic heterocycles. The van der Waals surface area contributed by atoms with Crippen LogP contribution in [0.25, 0.3) is 0 Å². The van der Waals surface area contributed by atoms with Gasteiger partial charge in [0.15, 0.2) is 12.4 Å². The second-order valence-electron chi connectivity index (χ2n) is 5.22. The van der Waals surface area contributed by atoms with Crippen LogP contribution in [0.1, 0.15) is 26.0 Å². The Balaban J connectivity index is 1.54. The minimum Gasteiger partial charge on any atom is -0.482 e. The van der Waals surface area contributed by atoms with Crippen LogP contribution in [0.2, 0.25) is 5.02 Å². The second-order valence-corrected chi connectivity index (χ2v) is 8.01. The highest BCUT2D eigenvalue weighted by atomic mass is 35.5. The number of thiophene rings is 1. The van der Waals surface area contributed by atoms with Crippen LogP contribution in [-0.2, 0) is 6.61 Å². The molecule has 130 valence electrons. The van der Waals surface area contributed by atoms with Crippen molar-refractivity contribution in [2.24, 2.45) is 0 Å². The molecule has 0 aliphatic carbocycles. The summed E-state index contributed by atoms with van der Waals surface area (Å²) in [6.07, 6.45) is 0. The summed E-state index contributed by atoms with van der Waals surface area (Å²) in [6.45, 7) is 4.06. The summed E-state index contributed by atoms with van der Waals surface area (Å²) in [5.74, 6) is 1.19. The van der Waals surface area contributed by atoms with E-state index in [-0.39, 0.29) is 18.1 Å². The molecule has 0 fully saturated rings. The molecule has 0 aliphatic heterocycles. The van der Waals surface area contributed by atoms with Gasteiger partial charge in [0.1, 0.15) is 5.75 Å². The number of halogens is 1. The SMILES string of the molecule is Cc1cc(C(=O)CSc2nnc(COc3ccccc3Cl)o2)c(C)s1. The normalized spacial score (nSPS) is 10.8. The fourth-order valence-corrected chi connectivity index (χ4v) is 3.97. The van der Waals surface area contributed by atoms with Crippen LogP contribution >= 0.6 is 34.7 Å². The first-order valence-electron chi connectivity index (χ1n) is 7.45. The lowest BCUT2D eigenvalue weighted by Gasteiger charge is -2.04. The van der Waals surface area contributed by atoms with Crippen LogP contribution in [0.5, 0.6) is 5.75 Å². The van der Waals surface area contributed by atoms with Crippen molar-refractivity contribution >= 4 is 40.5 Å². The molecule has 0 bridgehead atoms. The van der Waals surface area contributed by atoms with Gasteiger partial charge in [0.05, 0.1) is 10.8 Å². The maximum Gasteiger partial charge on any atom is 0.277 e. The van der Waals surface area contributed by atoms with Gasteiger partial charge in [0.25, 0.3) is 11.1 Å². The number of rotatable bonds is 7. The van der Waals surface area contributed by atoms with Crippen molar-refractivity contribution in [1.82, 2.24) is 10.2 Å². The summed E-state index contributed by atoms with van der Waals surface area (Å²) in [7, 11) is 0. The van der Waals surface area contributed by atoms with E-state index in [1.54, 1.807) is 23.5 Å². The van der Waals surface area contributed by atoms with E-state index in [4.69, 9.17) is 20.8 Å². The van der Waals surface area contributed by atoms with E-state index in [1.807, 2.05) is 32.0 Å². The topological polar surface area (TPSA) is 65.2 Å². The zero-order valence-corrected chi connectivity index (χ0v) is 16.0. The highest BCUT2D eigenvalue weighted by Crippen LogP contribution is 2.26. The lowest BCUT2D eigenvalue weighted by atomic mass is 10.2. The van der Waals surface area contributed by atoms with Crippen LogP contribution in [0.4, 0.5) is 0 Å². The van der Waals surface area contributed by atoms with E-state index in [9.17, 15) is 4.79 Å². The molecule has 8 heteroatoms. The second kappa shape index (κ2) is 8.03. The van der Waals surface area contributed by atoms with Crippen molar-refractivity contribution in [2.75, 3.05) is 5.75 Å². The quantitative estimate of drug-likeness (QED) is 0.417. The zero-order chi connectivity index (χ0) is 17.8. The fourth-order valence-electron chi connectivity index (χ4n) is 2.17. The molecular weight excluding hydrogens is 380 g/mol. The number of benzene rings is 1. The molecule has 3 rings (SSSR count). The molecule has 5 nitrogen and oxygen atoms in total. The third-order valence-electron chi connectivity index (χ3n) is 3.30. The highest BCUT2D eigenvalue weighted by Gasteiger charge is 2.15. The molecule has 25 heavy (non-hydrogen) atoms. The molecule has 0 radical (unpaired) electrons. The molecule has 0 N–H and O–H groups in total. The number of carbonyl (C=O) groups is 1. The highest BCUT2D eigenvalue weighted by molar-refractivity contribution is 7.99. The monoisotopic (exact) mass is 394 g/mol. The Kier molecular flexibility index (Phi) is 5.78. The zero-order valence-electron chi connectivity index (χ0n) is 13.6. The van der Waals surface area contributed by atoms with E-state index in [0.29, 0.717) is 21.9 Å². The van der Waals surface area contributed by atoms with E-state index in [1.165, 1.54) is 11.8 Å². The smallest absolute Gasteiger partial charge is 0.277 e. The molecule has 0 unspecified atom stereocenters. The van der Waals surface area contributed by atoms with Crippen molar-refractivity contribution in [1.29, 1.82) is 0 Å². The van der Waals surface area contributed by atoms with E-state index < -0.39 is 0 Å². The van der Waals surface area contributed by atoms with Gasteiger partial charge in [-0.15, -0.1) is 21.5 Å². The largest absolute Gasteiger partial charge is 0.482 e. The van der Waals surface area contributed by atoms with Crippen molar-refractivity contribution < 1.29 is 13.9 Å². The fraction of sp³-hybridized carbons (Fsp3) is 0.235. The molecular formula is C17H15ClN2O3S2. The van der Waals surface area contributed by atoms with Crippen LogP contribution < -0.4 is 4.74 Å². The Hall–Kier alpha value is -1.83. The van der Waals surface area contributed by atoms with Crippen molar-refractivity contribution in [3.8, 4) is 5.75 Å². The number of aromatic nitrogens is 2. The maximum absolute atomic E-state index is 12.3. The predicted molar refractivity (Wildman–Crippen MR) is 98.9 cm³/mol. The Bertz CT molecular complexity index is 892. The van der Waals surface area contributed by atoms with Gasteiger partial charge in [0, 0.05) is 15.3 Å². The van der Waals surface area contributed by atoms with Crippen molar-refractivity contribution in [3.05, 3.63) is 56.6 Å². The Labute approximate surface area is 158 Å². The molecule has 2 heterocycles. The van der Waals surface area contributed by atoms with Gasteiger partial charge in [0.2, 0.25) is 0 Å². The molecule has 0 amide bonds. The van der Waals surface area contributed by atoms with Crippen molar-refractivity contribution in [2.45, 2.75) is 25.7 Å². The minimum atomic E-state index is 0.0546. The Morgan fingerprint density at radius 3 is 2.84 bits per heavy atom. The van der Waals surface area contributed by atoms with Gasteiger partial charge in [-0.05, 0) is 32.0 Å². The lowest BCUT2D eigenvalue weighted by molar-refractivity contribution is 0.102. The van der Waals surface area contributed by atoms with Crippen LogP contribution in [0.15, 0.2) is 40.0 Å². The van der Waals surface area contributed by atoms with E-state index >= 15 is 0 Å². The summed E-state index contributed by atoms with van der Waals surface area (Å²) in [4.78, 5) is 14.4. The third kappa shape index (κ3) is 4.62. The van der Waals surface area contributed by atoms with Crippen molar-refractivity contribution in [3.63, 3.8) is 0 Å². The van der Waals surface area contributed by atoms with Gasteiger partial charge < -0.3 is 9.15 Å². The Morgan fingerprint density at radius 2 is 2.12 bits per heavy atom. The molecule has 0 spiro atoms. The summed E-state index contributed by atoms with van der Waals surface area (Å²) < 4.78 is 11.0. The average Bonchev–Trinajstić information content (AvgIpc) is 3.18. The number of carbonyl (C=O) groups excluding carboxylic acids is 1. The summed E-state index contributed by atoms with van der Waals surface area (Å²) in [5, 5.41) is 8.71. The first-order valence-corrected chi connectivity index (χ1v) is 9.63. The number of hydrogen-bond donors (Lipinski definition) is 0. The number of ketones is 1. The first-order chi connectivity index (χ1) is 12.0. The number of thioether (sulfide) groups is 1. The molecule has 0 aliphatic rings. The summed E-state index contributed by atoms with van der Waals surface area (Å²) >= 11 is 8.86. The van der Waals surface area contributed by atoms with Crippen LogP contribution in [0.3, 0.4) is 0 Å². The number of para-hydroxylation sites is 1. The number of hydrogen-bond acceptors (Lipinski definition) is 7. The van der Waals surface area contributed by atoms with Gasteiger partial charge in [-0.2, -0.15) is 0 Å². The standard InChI is InChI=1S/C17H15ClN2O3S2/c1-10-7-12(11(2)25-10)14(21)9-24-17-20-19-16(23-17)8-22-15-6-4-3-5-13(15)18/h3-7H,8-9H2,1-2H3. The van der Waals surface area contributed by atoms with E-state index in [2.05, 4.69) is 10.2 Å². The molecule has 3 aromatic rings. The summed E-state index contributed by atoms with van der Waals surface area (Å²) in [6, 6.07) is 9.07. The maximum atomic E-state index is 12.3. The molecule has 0 atom stereocenters. The number of Topliss-reactive ketones (excluding diaryl/α,β-unsaturated/α-hetero) is 1. The summed E-state index contributed by atoms with van der Waals surface area (Å²) in [5.41, 5.74) is 0.761. The van der Waals surface area contributed by atoms with Gasteiger partial charge >= 0.3 is 0 Å². The van der Waals surface area contributed by atoms with Crippen LogP contribution in [0, 0.1) is 13.8 Å². The van der Waals surface area contributed by atoms with E-state index in [0.717, 1.165) is 15.3 Å². The molecule has 0 saturated heterocycles. The molecule has 1 aromatic carbocycles. The first kappa shape index (κ1) is 18.0. The van der Waals surface area contributed by atoms with Gasteiger partial charge in [-0.25, -0.2) is 0 Å². The number of ether oxygens (including phenoxy) is 1. The minimum absolute atomic E-state index is 0.0546. The third-order valence-corrected chi connectivity index (χ3v) is 5.40. The predicted octanol–water partition coefficient (Wildman–Crippen LogP) is 4.96. The van der Waals surface area contributed by atoms with Gasteiger partial charge in [-0.3, -0.25) is 4.79 Å². The number of nitrogens with zero attached hydrogens (tertiary/aromatic N) is 2. The van der Waals surface area contributed by atoms with Crippen LogP contribution in [-0.4, -0.2) is 21.7 Å². The Morgan fingerprint density at radius 1 is 1.32 bits per heavy atom. The lowest BCUT2D eigenvalue weighted by Crippen LogP contribution is -2.02.